The van der Waals surface area contributed by atoms with E-state index in [-0.39, 0.29) is 19.1 Å². The molecule has 2 aromatic carbocycles. The first-order chi connectivity index (χ1) is 11.8. The van der Waals surface area contributed by atoms with Crippen molar-refractivity contribution in [2.24, 2.45) is 0 Å². The summed E-state index contributed by atoms with van der Waals surface area (Å²) in [5, 5.41) is 0. The Bertz CT molecular complexity index is 697. The fraction of sp³-hybridized carbons (Fsp3) is 0.278. The molecule has 0 aliphatic carbocycles. The monoisotopic (exact) mass is 353 g/mol. The molecule has 0 saturated carbocycles. The van der Waals surface area contributed by atoms with Gasteiger partial charge in [-0.2, -0.15) is 13.2 Å². The number of likely N-dealkylation sites (N-methyl/N-ethyl adjacent to an activating group) is 1. The third kappa shape index (κ3) is 5.41. The van der Waals surface area contributed by atoms with Crippen LogP contribution in [0.25, 0.3) is 0 Å². The Morgan fingerprint density at radius 3 is 2.08 bits per heavy atom. The van der Waals surface area contributed by atoms with Crippen molar-refractivity contribution in [1.29, 1.82) is 0 Å². The van der Waals surface area contributed by atoms with Crippen molar-refractivity contribution in [3.05, 3.63) is 59.7 Å². The van der Waals surface area contributed by atoms with Crippen LogP contribution in [0.1, 0.15) is 11.1 Å². The van der Waals surface area contributed by atoms with E-state index in [1.165, 1.54) is 17.0 Å². The maximum Gasteiger partial charge on any atom is 0.416 e. The molecule has 0 unspecified atom stereocenters. The zero-order valence-corrected chi connectivity index (χ0v) is 13.8. The molecule has 0 aromatic heterocycles. The molecular weight excluding hydrogens is 335 g/mol. The first-order valence-corrected chi connectivity index (χ1v) is 7.46. The minimum Gasteiger partial charge on any atom is -0.497 e. The van der Waals surface area contributed by atoms with Crippen molar-refractivity contribution < 1.29 is 27.4 Å². The van der Waals surface area contributed by atoms with Crippen LogP contribution in [0.15, 0.2) is 48.5 Å². The summed E-state index contributed by atoms with van der Waals surface area (Å²) in [5.41, 5.74) is -0.110. The molecule has 0 spiro atoms. The van der Waals surface area contributed by atoms with Gasteiger partial charge in [-0.1, -0.05) is 12.1 Å². The van der Waals surface area contributed by atoms with Crippen LogP contribution in [-0.2, 0) is 17.5 Å². The summed E-state index contributed by atoms with van der Waals surface area (Å²) in [7, 11) is 3.12. The topological polar surface area (TPSA) is 38.8 Å². The summed E-state index contributed by atoms with van der Waals surface area (Å²) >= 11 is 0. The predicted octanol–water partition coefficient (Wildman–Crippen LogP) is 3.75. The number of halogens is 3. The summed E-state index contributed by atoms with van der Waals surface area (Å²) in [6.07, 6.45) is -4.37. The smallest absolute Gasteiger partial charge is 0.416 e. The lowest BCUT2D eigenvalue weighted by molar-refractivity contribution is -0.137. The lowest BCUT2D eigenvalue weighted by atomic mass is 10.1. The number of ether oxygens (including phenoxy) is 2. The van der Waals surface area contributed by atoms with Gasteiger partial charge >= 0.3 is 6.18 Å². The normalized spacial score (nSPS) is 11.1. The SMILES string of the molecule is COc1ccc(OCC(=O)N(C)Cc2ccc(C(F)(F)F)cc2)cc1. The van der Waals surface area contributed by atoms with Crippen molar-refractivity contribution >= 4 is 5.91 Å². The summed E-state index contributed by atoms with van der Waals surface area (Å²) in [5.74, 6) is 0.922. The van der Waals surface area contributed by atoms with E-state index < -0.39 is 11.7 Å². The molecule has 2 rings (SSSR count). The number of methoxy groups -OCH3 is 1. The highest BCUT2D eigenvalue weighted by Crippen LogP contribution is 2.29. The molecule has 0 bridgehead atoms. The Labute approximate surface area is 143 Å². The number of carbonyl (C=O) groups is 1. The van der Waals surface area contributed by atoms with Crippen LogP contribution in [0.4, 0.5) is 13.2 Å². The number of benzene rings is 2. The Morgan fingerprint density at radius 1 is 1.00 bits per heavy atom. The van der Waals surface area contributed by atoms with Gasteiger partial charge in [0.1, 0.15) is 11.5 Å². The van der Waals surface area contributed by atoms with Crippen LogP contribution in [0.2, 0.25) is 0 Å². The van der Waals surface area contributed by atoms with E-state index in [4.69, 9.17) is 9.47 Å². The molecule has 0 heterocycles. The van der Waals surface area contributed by atoms with Gasteiger partial charge in [-0.3, -0.25) is 4.79 Å². The van der Waals surface area contributed by atoms with Crippen LogP contribution in [0, 0.1) is 0 Å². The number of carbonyl (C=O) groups excluding carboxylic acids is 1. The van der Waals surface area contributed by atoms with E-state index in [0.29, 0.717) is 17.1 Å². The minimum atomic E-state index is -4.37. The molecule has 25 heavy (non-hydrogen) atoms. The fourth-order valence-electron chi connectivity index (χ4n) is 2.09. The van der Waals surface area contributed by atoms with Gasteiger partial charge in [-0.15, -0.1) is 0 Å². The van der Waals surface area contributed by atoms with E-state index in [1.807, 2.05) is 0 Å². The molecule has 0 aliphatic rings. The third-order valence-corrected chi connectivity index (χ3v) is 3.55. The summed E-state index contributed by atoms with van der Waals surface area (Å²) in [6, 6.07) is 11.5. The first kappa shape index (κ1) is 18.6. The van der Waals surface area contributed by atoms with E-state index in [9.17, 15) is 18.0 Å². The predicted molar refractivity (Wildman–Crippen MR) is 86.4 cm³/mol. The van der Waals surface area contributed by atoms with Crippen molar-refractivity contribution in [1.82, 2.24) is 4.90 Å². The van der Waals surface area contributed by atoms with Gasteiger partial charge < -0.3 is 14.4 Å². The molecule has 0 saturated heterocycles. The summed E-state index contributed by atoms with van der Waals surface area (Å²) in [4.78, 5) is 13.5. The van der Waals surface area contributed by atoms with Crippen LogP contribution >= 0.6 is 0 Å². The van der Waals surface area contributed by atoms with Crippen LogP contribution < -0.4 is 9.47 Å². The highest BCUT2D eigenvalue weighted by molar-refractivity contribution is 5.77. The summed E-state index contributed by atoms with van der Waals surface area (Å²) in [6.45, 7) is 0.0341. The van der Waals surface area contributed by atoms with Crippen molar-refractivity contribution in [2.75, 3.05) is 20.8 Å². The van der Waals surface area contributed by atoms with Crippen LogP contribution in [0.5, 0.6) is 11.5 Å². The van der Waals surface area contributed by atoms with Crippen LogP contribution in [0.3, 0.4) is 0 Å². The molecule has 0 fully saturated rings. The van der Waals surface area contributed by atoms with Gasteiger partial charge in [0.15, 0.2) is 6.61 Å². The second-order valence-electron chi connectivity index (χ2n) is 5.41. The number of rotatable bonds is 6. The summed E-state index contributed by atoms with van der Waals surface area (Å²) < 4.78 is 48.0. The average molecular weight is 353 g/mol. The second-order valence-corrected chi connectivity index (χ2v) is 5.41. The molecule has 1 amide bonds. The quantitative estimate of drug-likeness (QED) is 0.794. The van der Waals surface area contributed by atoms with Crippen molar-refractivity contribution in [3.8, 4) is 11.5 Å². The molecular formula is C18H18F3NO3. The zero-order valence-electron chi connectivity index (χ0n) is 13.8. The van der Waals surface area contributed by atoms with Gasteiger partial charge in [0.2, 0.25) is 0 Å². The van der Waals surface area contributed by atoms with E-state index in [2.05, 4.69) is 0 Å². The number of hydrogen-bond acceptors (Lipinski definition) is 3. The Balaban J connectivity index is 1.87. The van der Waals surface area contributed by atoms with Crippen molar-refractivity contribution in [2.45, 2.75) is 12.7 Å². The van der Waals surface area contributed by atoms with E-state index in [1.54, 1.807) is 38.4 Å². The third-order valence-electron chi connectivity index (χ3n) is 3.55. The molecule has 134 valence electrons. The zero-order chi connectivity index (χ0) is 18.4. The molecule has 2 aromatic rings. The molecule has 7 heteroatoms. The molecule has 0 aliphatic heterocycles. The van der Waals surface area contributed by atoms with Gasteiger partial charge in [0.25, 0.3) is 5.91 Å². The van der Waals surface area contributed by atoms with E-state index in [0.717, 1.165) is 12.1 Å². The number of alkyl halides is 3. The first-order valence-electron chi connectivity index (χ1n) is 7.46. The second kappa shape index (κ2) is 7.92. The number of hydrogen-bond donors (Lipinski definition) is 0. The lowest BCUT2D eigenvalue weighted by Gasteiger charge is -2.18. The number of nitrogens with zero attached hydrogens (tertiary/aromatic N) is 1. The molecule has 0 atom stereocenters. The highest BCUT2D eigenvalue weighted by Gasteiger charge is 2.29. The Hall–Kier alpha value is -2.70. The standard InChI is InChI=1S/C18H18F3NO3/c1-22(11-13-3-5-14(6-4-13)18(19,20)21)17(23)12-25-16-9-7-15(24-2)8-10-16/h3-10H,11-12H2,1-2H3. The molecule has 4 nitrogen and oxygen atoms in total. The molecule has 0 radical (unpaired) electrons. The number of amides is 1. The largest absolute Gasteiger partial charge is 0.497 e. The maximum atomic E-state index is 12.5. The highest BCUT2D eigenvalue weighted by atomic mass is 19.4. The average Bonchev–Trinajstić information content (AvgIpc) is 2.59. The maximum absolute atomic E-state index is 12.5. The van der Waals surface area contributed by atoms with Crippen molar-refractivity contribution in [3.63, 3.8) is 0 Å². The van der Waals surface area contributed by atoms with E-state index >= 15 is 0 Å². The van der Waals surface area contributed by atoms with Gasteiger partial charge in [0.05, 0.1) is 12.7 Å². The Kier molecular flexibility index (Phi) is 5.90. The lowest BCUT2D eigenvalue weighted by Crippen LogP contribution is -2.30. The molecule has 0 N–H and O–H groups in total. The fourth-order valence-corrected chi connectivity index (χ4v) is 2.09. The van der Waals surface area contributed by atoms with Gasteiger partial charge in [-0.05, 0) is 42.0 Å². The van der Waals surface area contributed by atoms with Crippen LogP contribution in [-0.4, -0.2) is 31.6 Å². The van der Waals surface area contributed by atoms with Gasteiger partial charge in [0, 0.05) is 13.6 Å². The minimum absolute atomic E-state index is 0.163. The van der Waals surface area contributed by atoms with Gasteiger partial charge in [-0.25, -0.2) is 0 Å². The Morgan fingerprint density at radius 2 is 1.56 bits per heavy atom.